The van der Waals surface area contributed by atoms with E-state index in [1.807, 2.05) is 36.4 Å². The fourth-order valence-corrected chi connectivity index (χ4v) is 5.46. The summed E-state index contributed by atoms with van der Waals surface area (Å²) in [5, 5.41) is 13.9. The zero-order chi connectivity index (χ0) is 29.0. The fraction of sp³-hybridized carbons (Fsp3) is 0.600. The van der Waals surface area contributed by atoms with Crippen molar-refractivity contribution in [1.82, 2.24) is 5.32 Å². The SMILES string of the molecule is COCCCN1CCOc2ccc(CO[C@H]3CNC[C@@H](O[N+](=O)[O-])[C@@H]3c3ccc(COC[C@@H](C)COC)cc3)cc21. The van der Waals surface area contributed by atoms with Gasteiger partial charge < -0.3 is 38.7 Å². The highest BCUT2D eigenvalue weighted by Gasteiger charge is 2.37. The highest BCUT2D eigenvalue weighted by Crippen LogP contribution is 2.34. The zero-order valence-corrected chi connectivity index (χ0v) is 24.3. The van der Waals surface area contributed by atoms with E-state index in [1.165, 1.54) is 0 Å². The van der Waals surface area contributed by atoms with Crippen LogP contribution in [0.5, 0.6) is 5.75 Å². The first kappa shape index (κ1) is 31.0. The number of hydrogen-bond donors (Lipinski definition) is 1. The molecule has 1 saturated heterocycles. The predicted octanol–water partition coefficient (Wildman–Crippen LogP) is 3.57. The number of anilines is 1. The first-order valence-electron chi connectivity index (χ1n) is 14.3. The number of rotatable bonds is 16. The number of hydrogen-bond acceptors (Lipinski definition) is 10. The summed E-state index contributed by atoms with van der Waals surface area (Å²) in [5.74, 6) is 0.865. The second kappa shape index (κ2) is 15.9. The molecule has 0 bridgehead atoms. The molecule has 0 unspecified atom stereocenters. The summed E-state index contributed by atoms with van der Waals surface area (Å²) in [5.41, 5.74) is 4.03. The van der Waals surface area contributed by atoms with E-state index in [1.54, 1.807) is 14.2 Å². The molecule has 226 valence electrons. The maximum atomic E-state index is 11.3. The summed E-state index contributed by atoms with van der Waals surface area (Å²) < 4.78 is 28.5. The van der Waals surface area contributed by atoms with Gasteiger partial charge in [0.2, 0.25) is 0 Å². The van der Waals surface area contributed by atoms with E-state index in [0.29, 0.717) is 58.6 Å². The van der Waals surface area contributed by atoms with Crippen LogP contribution >= 0.6 is 0 Å². The van der Waals surface area contributed by atoms with Gasteiger partial charge in [0, 0.05) is 52.3 Å². The summed E-state index contributed by atoms with van der Waals surface area (Å²) in [6.07, 6.45) is -0.0633. The molecular formula is C30H43N3O8. The smallest absolute Gasteiger partial charge is 0.294 e. The Kier molecular flexibility index (Phi) is 12.0. The Morgan fingerprint density at radius 2 is 1.83 bits per heavy atom. The Balaban J connectivity index is 1.44. The van der Waals surface area contributed by atoms with E-state index in [0.717, 1.165) is 47.6 Å². The van der Waals surface area contributed by atoms with Crippen molar-refractivity contribution in [2.45, 2.75) is 44.7 Å². The largest absolute Gasteiger partial charge is 0.490 e. The standard InChI is InChI=1S/C30H43N3O8/c1-22(18-37-3)19-38-20-23-5-8-25(9-6-23)30-28(16-31-17-29(30)41-33(34)35)40-21-24-7-10-27-26(15-24)32(12-14-39-27)11-4-13-36-2/h5-10,15,22,28-31H,4,11-14,16-21H2,1-3H3/t22-,28-,29+,30+/m0/s1. The lowest BCUT2D eigenvalue weighted by atomic mass is 9.85. The number of nitrogens with one attached hydrogen (secondary N) is 1. The molecule has 0 aromatic heterocycles. The third-order valence-electron chi connectivity index (χ3n) is 7.42. The minimum Gasteiger partial charge on any atom is -0.490 e. The van der Waals surface area contributed by atoms with Crippen molar-refractivity contribution in [3.63, 3.8) is 0 Å². The molecule has 0 spiro atoms. The molecule has 4 atom stereocenters. The van der Waals surface area contributed by atoms with Gasteiger partial charge in [0.15, 0.2) is 0 Å². The van der Waals surface area contributed by atoms with Gasteiger partial charge in [-0.1, -0.05) is 37.3 Å². The maximum absolute atomic E-state index is 11.3. The molecule has 2 aromatic rings. The van der Waals surface area contributed by atoms with Gasteiger partial charge in [0.05, 0.1) is 44.8 Å². The molecule has 2 aliphatic rings. The molecule has 1 fully saturated rings. The van der Waals surface area contributed by atoms with Crippen LogP contribution in [-0.2, 0) is 37.0 Å². The van der Waals surface area contributed by atoms with Crippen LogP contribution in [0, 0.1) is 16.0 Å². The van der Waals surface area contributed by atoms with Gasteiger partial charge in [-0.15, -0.1) is 10.1 Å². The van der Waals surface area contributed by atoms with Crippen LogP contribution in [0.1, 0.15) is 36.0 Å². The molecule has 2 heterocycles. The molecule has 11 heteroatoms. The first-order valence-corrected chi connectivity index (χ1v) is 14.3. The average molecular weight is 574 g/mol. The molecule has 4 rings (SSSR count). The quantitative estimate of drug-likeness (QED) is 0.182. The van der Waals surface area contributed by atoms with Crippen molar-refractivity contribution in [2.24, 2.45) is 5.92 Å². The predicted molar refractivity (Wildman–Crippen MR) is 154 cm³/mol. The fourth-order valence-electron chi connectivity index (χ4n) is 5.46. The molecule has 0 radical (unpaired) electrons. The van der Waals surface area contributed by atoms with Crippen molar-refractivity contribution in [2.75, 3.05) is 71.7 Å². The topological polar surface area (TPSA) is 114 Å². The van der Waals surface area contributed by atoms with Gasteiger partial charge in [-0.05, 0) is 35.2 Å². The van der Waals surface area contributed by atoms with Gasteiger partial charge >= 0.3 is 0 Å². The van der Waals surface area contributed by atoms with Crippen molar-refractivity contribution >= 4 is 5.69 Å². The second-order valence-electron chi connectivity index (χ2n) is 10.7. The Labute approximate surface area is 242 Å². The number of fused-ring (bicyclic) bond motifs is 1. The van der Waals surface area contributed by atoms with Crippen LogP contribution in [-0.4, -0.2) is 84.1 Å². The minimum atomic E-state index is -0.716. The van der Waals surface area contributed by atoms with Crippen LogP contribution < -0.4 is 15.0 Å². The van der Waals surface area contributed by atoms with E-state index >= 15 is 0 Å². The summed E-state index contributed by atoms with van der Waals surface area (Å²) in [6, 6.07) is 14.1. The Hall–Kier alpha value is -2.96. The van der Waals surface area contributed by atoms with Crippen LogP contribution in [0.4, 0.5) is 5.69 Å². The Morgan fingerprint density at radius 1 is 1.05 bits per heavy atom. The first-order chi connectivity index (χ1) is 20.0. The lowest BCUT2D eigenvalue weighted by Crippen LogP contribution is -2.51. The van der Waals surface area contributed by atoms with E-state index in [9.17, 15) is 10.1 Å². The number of methoxy groups -OCH3 is 2. The number of nitrogens with zero attached hydrogens (tertiary/aromatic N) is 2. The number of piperidine rings is 1. The second-order valence-corrected chi connectivity index (χ2v) is 10.7. The number of benzene rings is 2. The lowest BCUT2D eigenvalue weighted by molar-refractivity contribution is -0.769. The van der Waals surface area contributed by atoms with Crippen LogP contribution in [0.15, 0.2) is 42.5 Å². The van der Waals surface area contributed by atoms with E-state index in [-0.39, 0.29) is 12.0 Å². The molecular weight excluding hydrogens is 530 g/mol. The van der Waals surface area contributed by atoms with E-state index < -0.39 is 11.2 Å². The van der Waals surface area contributed by atoms with Crippen molar-refractivity contribution < 1.29 is 33.6 Å². The Bertz CT molecular complexity index is 1090. The molecule has 0 amide bonds. The van der Waals surface area contributed by atoms with E-state index in [2.05, 4.69) is 23.2 Å². The van der Waals surface area contributed by atoms with Crippen LogP contribution in [0.25, 0.3) is 0 Å². The van der Waals surface area contributed by atoms with Gasteiger partial charge in [0.25, 0.3) is 5.09 Å². The van der Waals surface area contributed by atoms with Crippen LogP contribution in [0.2, 0.25) is 0 Å². The van der Waals surface area contributed by atoms with Gasteiger partial charge in [-0.2, -0.15) is 0 Å². The highest BCUT2D eigenvalue weighted by atomic mass is 17.0. The summed E-state index contributed by atoms with van der Waals surface area (Å²) in [4.78, 5) is 18.8. The van der Waals surface area contributed by atoms with Crippen molar-refractivity contribution in [3.05, 3.63) is 69.3 Å². The van der Waals surface area contributed by atoms with E-state index in [4.69, 9.17) is 28.5 Å². The molecule has 41 heavy (non-hydrogen) atoms. The number of ether oxygens (including phenoxy) is 5. The molecule has 1 N–H and O–H groups in total. The monoisotopic (exact) mass is 573 g/mol. The summed E-state index contributed by atoms with van der Waals surface area (Å²) in [6.45, 7) is 8.18. The Morgan fingerprint density at radius 3 is 2.59 bits per heavy atom. The van der Waals surface area contributed by atoms with Crippen molar-refractivity contribution in [3.8, 4) is 5.75 Å². The molecule has 0 saturated carbocycles. The van der Waals surface area contributed by atoms with Crippen molar-refractivity contribution in [1.29, 1.82) is 0 Å². The third kappa shape index (κ3) is 9.01. The molecule has 0 aliphatic carbocycles. The summed E-state index contributed by atoms with van der Waals surface area (Å²) in [7, 11) is 3.40. The van der Waals surface area contributed by atoms with Gasteiger partial charge in [-0.3, -0.25) is 0 Å². The normalized spacial score (nSPS) is 21.1. The molecule has 2 aliphatic heterocycles. The molecule has 2 aromatic carbocycles. The van der Waals surface area contributed by atoms with Crippen LogP contribution in [0.3, 0.4) is 0 Å². The lowest BCUT2D eigenvalue weighted by Gasteiger charge is -2.37. The maximum Gasteiger partial charge on any atom is 0.294 e. The highest BCUT2D eigenvalue weighted by molar-refractivity contribution is 5.61. The van der Waals surface area contributed by atoms with Gasteiger partial charge in [0.1, 0.15) is 18.5 Å². The average Bonchev–Trinajstić information content (AvgIpc) is 2.97. The zero-order valence-electron chi connectivity index (χ0n) is 24.3. The van der Waals surface area contributed by atoms with Gasteiger partial charge in [-0.25, -0.2) is 0 Å². The molecule has 11 nitrogen and oxygen atoms in total. The minimum absolute atomic E-state index is 0.313. The summed E-state index contributed by atoms with van der Waals surface area (Å²) >= 11 is 0. The third-order valence-corrected chi connectivity index (χ3v) is 7.42.